The molecule has 25 heavy (non-hydrogen) atoms. The molecule has 0 bridgehead atoms. The average Bonchev–Trinajstić information content (AvgIpc) is 2.61. The van der Waals surface area contributed by atoms with Crippen LogP contribution in [0.4, 0.5) is 0 Å². The maximum absolute atomic E-state index is 5.46. The van der Waals surface area contributed by atoms with E-state index >= 15 is 0 Å². The van der Waals surface area contributed by atoms with E-state index in [1.54, 1.807) is 7.11 Å². The quantitative estimate of drug-likeness (QED) is 0.628. The summed E-state index contributed by atoms with van der Waals surface area (Å²) in [4.78, 5) is 5.08. The first kappa shape index (κ1) is 20.0. The van der Waals surface area contributed by atoms with Crippen molar-refractivity contribution < 1.29 is 4.74 Å². The smallest absolute Gasteiger partial charge is 0.122 e. The van der Waals surface area contributed by atoms with E-state index in [0.717, 1.165) is 31.2 Å². The van der Waals surface area contributed by atoms with Crippen molar-refractivity contribution in [2.24, 2.45) is 11.8 Å². The van der Waals surface area contributed by atoms with Crippen LogP contribution in [0, 0.1) is 11.8 Å². The first-order valence-electron chi connectivity index (χ1n) is 9.78. The highest BCUT2D eigenvalue weighted by Crippen LogP contribution is 2.21. The molecular formula is C22H36N2O. The largest absolute Gasteiger partial charge is 0.496 e. The van der Waals surface area contributed by atoms with Crippen LogP contribution in [0.3, 0.4) is 0 Å². The lowest BCUT2D eigenvalue weighted by Gasteiger charge is -2.33. The molecule has 0 aromatic heterocycles. The maximum atomic E-state index is 5.46. The predicted octanol–water partition coefficient (Wildman–Crippen LogP) is 4.09. The van der Waals surface area contributed by atoms with E-state index in [0.29, 0.717) is 5.92 Å². The van der Waals surface area contributed by atoms with Gasteiger partial charge in [-0.15, -0.1) is 0 Å². The number of para-hydroxylation sites is 1. The summed E-state index contributed by atoms with van der Waals surface area (Å²) in [6.07, 6.45) is 8.34. The second kappa shape index (κ2) is 10.6. The van der Waals surface area contributed by atoms with Gasteiger partial charge >= 0.3 is 0 Å². The van der Waals surface area contributed by atoms with Crippen molar-refractivity contribution in [3.05, 3.63) is 42.0 Å². The van der Waals surface area contributed by atoms with E-state index in [-0.39, 0.29) is 0 Å². The molecule has 1 aromatic rings. The Balaban J connectivity index is 1.67. The van der Waals surface area contributed by atoms with Gasteiger partial charge in [0.25, 0.3) is 0 Å². The molecule has 0 aliphatic carbocycles. The first-order chi connectivity index (χ1) is 12.1. The molecule has 0 spiro atoms. The lowest BCUT2D eigenvalue weighted by Crippen LogP contribution is -2.38. The van der Waals surface area contributed by atoms with Gasteiger partial charge in [0.2, 0.25) is 0 Å². The molecule has 0 atom stereocenters. The van der Waals surface area contributed by atoms with E-state index < -0.39 is 0 Å². The van der Waals surface area contributed by atoms with E-state index in [1.165, 1.54) is 38.0 Å². The highest BCUT2D eigenvalue weighted by Gasteiger charge is 2.20. The summed E-state index contributed by atoms with van der Waals surface area (Å²) in [5.41, 5.74) is 1.32. The van der Waals surface area contributed by atoms with Crippen LogP contribution < -0.4 is 4.74 Å². The molecule has 1 aliphatic rings. The molecule has 2 rings (SSSR count). The summed E-state index contributed by atoms with van der Waals surface area (Å²) in [6, 6.07) is 8.39. The van der Waals surface area contributed by atoms with Gasteiger partial charge in [0, 0.05) is 19.6 Å². The van der Waals surface area contributed by atoms with Crippen molar-refractivity contribution in [3.8, 4) is 5.75 Å². The van der Waals surface area contributed by atoms with Crippen molar-refractivity contribution in [1.82, 2.24) is 9.80 Å². The van der Waals surface area contributed by atoms with Crippen molar-refractivity contribution >= 4 is 0 Å². The van der Waals surface area contributed by atoms with Crippen LogP contribution in [0.1, 0.15) is 32.3 Å². The van der Waals surface area contributed by atoms with Gasteiger partial charge in [0.1, 0.15) is 5.75 Å². The molecule has 3 heteroatoms. The van der Waals surface area contributed by atoms with Crippen LogP contribution >= 0.6 is 0 Å². The molecule has 0 unspecified atom stereocenters. The van der Waals surface area contributed by atoms with Crippen LogP contribution in [0.25, 0.3) is 0 Å². The first-order valence-corrected chi connectivity index (χ1v) is 9.78. The molecule has 1 saturated heterocycles. The summed E-state index contributed by atoms with van der Waals surface area (Å²) in [5, 5.41) is 0. The third kappa shape index (κ3) is 7.21. The fourth-order valence-electron chi connectivity index (χ4n) is 3.61. The predicted molar refractivity (Wildman–Crippen MR) is 107 cm³/mol. The van der Waals surface area contributed by atoms with Crippen molar-refractivity contribution in [2.45, 2.75) is 33.1 Å². The van der Waals surface area contributed by atoms with Gasteiger partial charge in [-0.2, -0.15) is 0 Å². The molecule has 0 amide bonds. The number of hydrogen-bond acceptors (Lipinski definition) is 3. The number of methoxy groups -OCH3 is 1. The maximum Gasteiger partial charge on any atom is 0.122 e. The number of piperidine rings is 1. The number of ether oxygens (including phenoxy) is 1. The molecule has 1 heterocycles. The lowest BCUT2D eigenvalue weighted by molar-refractivity contribution is 0.159. The highest BCUT2D eigenvalue weighted by molar-refractivity contribution is 5.33. The normalized spacial score (nSPS) is 17.0. The SMILES string of the molecule is COc1ccccc1CCN1CCC(CN(C)C/C=C/C(C)C)CC1. The van der Waals surface area contributed by atoms with E-state index in [2.05, 4.69) is 61.0 Å². The molecule has 140 valence electrons. The Morgan fingerprint density at radius 1 is 1.24 bits per heavy atom. The molecule has 0 N–H and O–H groups in total. The number of nitrogens with zero attached hydrogens (tertiary/aromatic N) is 2. The van der Waals surface area contributed by atoms with Crippen LogP contribution in [-0.2, 0) is 6.42 Å². The number of likely N-dealkylation sites (N-methyl/N-ethyl adjacent to an activating group) is 1. The Morgan fingerprint density at radius 3 is 2.64 bits per heavy atom. The molecule has 1 fully saturated rings. The van der Waals surface area contributed by atoms with Gasteiger partial charge in [0.05, 0.1) is 7.11 Å². The number of hydrogen-bond donors (Lipinski definition) is 0. The third-order valence-corrected chi connectivity index (χ3v) is 5.10. The van der Waals surface area contributed by atoms with Gasteiger partial charge < -0.3 is 14.5 Å². The molecule has 3 nitrogen and oxygen atoms in total. The fourth-order valence-corrected chi connectivity index (χ4v) is 3.61. The molecule has 0 radical (unpaired) electrons. The van der Waals surface area contributed by atoms with Crippen LogP contribution in [-0.4, -0.2) is 56.7 Å². The third-order valence-electron chi connectivity index (χ3n) is 5.10. The number of rotatable bonds is 9. The Hall–Kier alpha value is -1.32. The Morgan fingerprint density at radius 2 is 1.96 bits per heavy atom. The van der Waals surface area contributed by atoms with E-state index in [4.69, 9.17) is 4.74 Å². The Kier molecular flexibility index (Phi) is 8.50. The van der Waals surface area contributed by atoms with Crippen LogP contribution in [0.15, 0.2) is 36.4 Å². The summed E-state index contributed by atoms with van der Waals surface area (Å²) in [6.45, 7) is 10.4. The number of allylic oxidation sites excluding steroid dienone is 1. The zero-order valence-corrected chi connectivity index (χ0v) is 16.6. The highest BCUT2D eigenvalue weighted by atomic mass is 16.5. The summed E-state index contributed by atoms with van der Waals surface area (Å²) in [5.74, 6) is 2.52. The summed E-state index contributed by atoms with van der Waals surface area (Å²) >= 11 is 0. The zero-order valence-electron chi connectivity index (χ0n) is 16.6. The average molecular weight is 345 g/mol. The van der Waals surface area contributed by atoms with Crippen molar-refractivity contribution in [2.75, 3.05) is 46.9 Å². The summed E-state index contributed by atoms with van der Waals surface area (Å²) < 4.78 is 5.46. The van der Waals surface area contributed by atoms with E-state index in [9.17, 15) is 0 Å². The standard InChI is InChI=1S/C22H36N2O/c1-19(2)8-7-14-23(3)18-20-11-15-24(16-12-20)17-13-21-9-5-6-10-22(21)25-4/h5-10,19-20H,11-18H2,1-4H3/b8-7+. The Bertz CT molecular complexity index is 519. The van der Waals surface area contributed by atoms with Gasteiger partial charge in [-0.3, -0.25) is 0 Å². The number of likely N-dealkylation sites (tertiary alicyclic amines) is 1. The molecule has 0 saturated carbocycles. The lowest BCUT2D eigenvalue weighted by atomic mass is 9.96. The zero-order chi connectivity index (χ0) is 18.1. The van der Waals surface area contributed by atoms with Crippen LogP contribution in [0.2, 0.25) is 0 Å². The topological polar surface area (TPSA) is 15.7 Å². The minimum absolute atomic E-state index is 0.653. The number of benzene rings is 1. The summed E-state index contributed by atoms with van der Waals surface area (Å²) in [7, 11) is 4.01. The van der Waals surface area contributed by atoms with Crippen molar-refractivity contribution in [3.63, 3.8) is 0 Å². The minimum Gasteiger partial charge on any atom is -0.496 e. The second-order valence-electron chi connectivity index (χ2n) is 7.74. The molecule has 1 aromatic carbocycles. The molecule has 1 aliphatic heterocycles. The van der Waals surface area contributed by atoms with Gasteiger partial charge in [-0.25, -0.2) is 0 Å². The second-order valence-corrected chi connectivity index (χ2v) is 7.74. The van der Waals surface area contributed by atoms with Crippen LogP contribution in [0.5, 0.6) is 5.75 Å². The molecular weight excluding hydrogens is 308 g/mol. The van der Waals surface area contributed by atoms with Crippen molar-refractivity contribution in [1.29, 1.82) is 0 Å². The van der Waals surface area contributed by atoms with Gasteiger partial charge in [-0.1, -0.05) is 44.2 Å². The fraction of sp³-hybridized carbons (Fsp3) is 0.636. The van der Waals surface area contributed by atoms with Gasteiger partial charge in [-0.05, 0) is 62.9 Å². The van der Waals surface area contributed by atoms with Gasteiger partial charge in [0.15, 0.2) is 0 Å². The monoisotopic (exact) mass is 344 g/mol. The van der Waals surface area contributed by atoms with E-state index in [1.807, 2.05) is 6.07 Å². The Labute approximate surface area is 154 Å². The minimum atomic E-state index is 0.653.